The minimum atomic E-state index is -0.519. The smallest absolute Gasteiger partial charge is 0.222 e. The van der Waals surface area contributed by atoms with Gasteiger partial charge in [-0.15, -0.1) is 0 Å². The number of benzene rings is 2. The van der Waals surface area contributed by atoms with Gasteiger partial charge in [0.1, 0.15) is 17.7 Å². The predicted molar refractivity (Wildman–Crippen MR) is 131 cm³/mol. The van der Waals surface area contributed by atoms with Crippen molar-refractivity contribution in [3.63, 3.8) is 0 Å². The first-order valence-electron chi connectivity index (χ1n) is 11.4. The molecule has 0 radical (unpaired) electrons. The number of amides is 1. The van der Waals surface area contributed by atoms with Gasteiger partial charge >= 0.3 is 0 Å². The summed E-state index contributed by atoms with van der Waals surface area (Å²) in [6, 6.07) is 11.0. The molecule has 0 N–H and O–H groups in total. The minimum absolute atomic E-state index is 0.359. The van der Waals surface area contributed by atoms with E-state index in [0.29, 0.717) is 40.3 Å². The summed E-state index contributed by atoms with van der Waals surface area (Å²) in [7, 11) is 0. The van der Waals surface area contributed by atoms with Gasteiger partial charge in [-0.05, 0) is 67.3 Å². The third-order valence-electron chi connectivity index (χ3n) is 5.35. The van der Waals surface area contributed by atoms with Gasteiger partial charge in [-0.3, -0.25) is 4.79 Å². The van der Waals surface area contributed by atoms with Crippen molar-refractivity contribution in [1.29, 1.82) is 5.26 Å². The van der Waals surface area contributed by atoms with Crippen molar-refractivity contribution >= 4 is 17.5 Å². The zero-order valence-electron chi connectivity index (χ0n) is 20.3. The Balaban J connectivity index is 0.000000251. The van der Waals surface area contributed by atoms with Crippen LogP contribution in [0.5, 0.6) is 0 Å². The number of carbonyl (C=O) groups excluding carboxylic acids is 1. The second-order valence-corrected chi connectivity index (χ2v) is 9.26. The lowest BCUT2D eigenvalue weighted by Crippen LogP contribution is -2.28. The van der Waals surface area contributed by atoms with E-state index in [1.807, 2.05) is 30.9 Å². The maximum absolute atomic E-state index is 12.6. The highest BCUT2D eigenvalue weighted by molar-refractivity contribution is 6.31. The van der Waals surface area contributed by atoms with Gasteiger partial charge < -0.3 is 4.90 Å². The first-order chi connectivity index (χ1) is 15.6. The van der Waals surface area contributed by atoms with Crippen LogP contribution in [-0.4, -0.2) is 23.9 Å². The Morgan fingerprint density at radius 3 is 2.42 bits per heavy atom. The van der Waals surface area contributed by atoms with Crippen LogP contribution in [0.2, 0.25) is 5.02 Å². The number of hydrogen-bond acceptors (Lipinski definition) is 2. The zero-order chi connectivity index (χ0) is 25.0. The molecule has 0 spiro atoms. The first-order valence-corrected chi connectivity index (χ1v) is 11.8. The molecule has 1 heterocycles. The molecule has 3 rings (SSSR count). The summed E-state index contributed by atoms with van der Waals surface area (Å²) < 4.78 is 24.9. The number of carbonyl (C=O) groups is 1. The summed E-state index contributed by atoms with van der Waals surface area (Å²) in [5, 5.41) is 9.00. The van der Waals surface area contributed by atoms with Gasteiger partial charge in [0.25, 0.3) is 0 Å². The van der Waals surface area contributed by atoms with E-state index in [0.717, 1.165) is 37.6 Å². The van der Waals surface area contributed by atoms with E-state index in [-0.39, 0.29) is 0 Å². The lowest BCUT2D eigenvalue weighted by molar-refractivity contribution is -0.130. The van der Waals surface area contributed by atoms with Crippen LogP contribution in [0.1, 0.15) is 63.6 Å². The Labute approximate surface area is 202 Å². The van der Waals surface area contributed by atoms with Crippen LogP contribution in [0.3, 0.4) is 0 Å². The summed E-state index contributed by atoms with van der Waals surface area (Å²) >= 11 is 5.71. The lowest BCUT2D eigenvalue weighted by Gasteiger charge is -2.16. The molecule has 0 bridgehead atoms. The quantitative estimate of drug-likeness (QED) is 0.463. The van der Waals surface area contributed by atoms with Crippen LogP contribution in [0.15, 0.2) is 36.4 Å². The molecule has 3 nitrogen and oxygen atoms in total. The number of nitrogens with zero attached hydrogens (tertiary/aromatic N) is 2. The highest BCUT2D eigenvalue weighted by Crippen LogP contribution is 2.17. The minimum Gasteiger partial charge on any atom is -0.342 e. The number of hydrogen-bond donors (Lipinski definition) is 0. The molecule has 180 valence electrons. The molecule has 1 atom stereocenters. The third kappa shape index (κ3) is 10.8. The molecule has 1 aliphatic rings. The molecule has 2 aromatic rings. The number of halogens is 3. The van der Waals surface area contributed by atoms with E-state index in [1.54, 1.807) is 12.1 Å². The van der Waals surface area contributed by atoms with Gasteiger partial charge in [0, 0.05) is 25.6 Å². The molecule has 1 fully saturated rings. The molecule has 1 saturated heterocycles. The summed E-state index contributed by atoms with van der Waals surface area (Å²) in [5.74, 6) is 0.738. The van der Waals surface area contributed by atoms with Crippen molar-refractivity contribution in [1.82, 2.24) is 4.90 Å². The van der Waals surface area contributed by atoms with Gasteiger partial charge in [-0.1, -0.05) is 51.4 Å². The molecule has 0 aliphatic carbocycles. The topological polar surface area (TPSA) is 44.1 Å². The van der Waals surface area contributed by atoms with E-state index >= 15 is 0 Å². The summed E-state index contributed by atoms with van der Waals surface area (Å²) in [5.41, 5.74) is 2.16. The Bertz CT molecular complexity index is 940. The molecule has 6 heteroatoms. The molecule has 33 heavy (non-hydrogen) atoms. The third-order valence-corrected chi connectivity index (χ3v) is 5.67. The zero-order valence-corrected chi connectivity index (χ0v) is 21.1. The molecule has 1 amide bonds. The lowest BCUT2D eigenvalue weighted by atomic mass is 10.1. The second-order valence-electron chi connectivity index (χ2n) is 8.85. The highest BCUT2D eigenvalue weighted by atomic mass is 35.5. The molecule has 0 aromatic heterocycles. The molecular weight excluding hydrogens is 442 g/mol. The average Bonchev–Trinajstić information content (AvgIpc) is 3.19. The van der Waals surface area contributed by atoms with Crippen molar-refractivity contribution < 1.29 is 13.6 Å². The van der Waals surface area contributed by atoms with E-state index in [2.05, 4.69) is 20.8 Å². The van der Waals surface area contributed by atoms with Crippen molar-refractivity contribution in [3.8, 4) is 6.07 Å². The highest BCUT2D eigenvalue weighted by Gasteiger charge is 2.22. The van der Waals surface area contributed by atoms with Crippen LogP contribution in [-0.2, 0) is 11.2 Å². The fraction of sp³-hybridized carbons (Fsp3) is 0.481. The molecule has 0 saturated carbocycles. The fourth-order valence-electron chi connectivity index (χ4n) is 3.25. The van der Waals surface area contributed by atoms with Gasteiger partial charge in [-0.2, -0.15) is 5.26 Å². The maximum Gasteiger partial charge on any atom is 0.222 e. The average molecular weight is 477 g/mol. The van der Waals surface area contributed by atoms with Gasteiger partial charge in [-0.25, -0.2) is 8.78 Å². The number of likely N-dealkylation sites (tertiary alicyclic amines) is 1. The second kappa shape index (κ2) is 14.6. The molecule has 1 aliphatic heterocycles. The molecular formula is C27H35ClF2N2O. The fourth-order valence-corrected chi connectivity index (χ4v) is 3.53. The number of rotatable bonds is 4. The van der Waals surface area contributed by atoms with Crippen LogP contribution < -0.4 is 0 Å². The monoisotopic (exact) mass is 476 g/mol. The van der Waals surface area contributed by atoms with Crippen molar-refractivity contribution in [3.05, 3.63) is 69.7 Å². The van der Waals surface area contributed by atoms with Gasteiger partial charge in [0.15, 0.2) is 0 Å². The largest absolute Gasteiger partial charge is 0.342 e. The predicted octanol–water partition coefficient (Wildman–Crippen LogP) is 7.34. The van der Waals surface area contributed by atoms with Crippen LogP contribution in [0.25, 0.3) is 0 Å². The Kier molecular flexibility index (Phi) is 12.7. The normalized spacial score (nSPS) is 14.7. The number of nitriles is 1. The standard InChI is InChI=1S/C11H21NO.C8H6ClN.C8H8F2/c1-9(2)4-5-11(13)12-7-6-10(3)8-12;1-6-2-3-7(5-10)8(9)4-6;1-2-6-3-4-7(9)5-8(6)10/h9-10H,4-8H2,1-3H3;2-4H,1H3;3-5H,2H2,1H3. The van der Waals surface area contributed by atoms with Gasteiger partial charge in [0.2, 0.25) is 5.91 Å². The summed E-state index contributed by atoms with van der Waals surface area (Å²) in [6.45, 7) is 12.3. The SMILES string of the molecule is CC(C)CCC(=O)N1CCC(C)C1.CCc1ccc(F)cc1F.Cc1ccc(C#N)c(Cl)c1. The first kappa shape index (κ1) is 28.6. The Hall–Kier alpha value is -2.45. The van der Waals surface area contributed by atoms with Crippen molar-refractivity contribution in [2.24, 2.45) is 11.8 Å². The van der Waals surface area contributed by atoms with Crippen molar-refractivity contribution in [2.75, 3.05) is 13.1 Å². The van der Waals surface area contributed by atoms with Crippen LogP contribution >= 0.6 is 11.6 Å². The van der Waals surface area contributed by atoms with Crippen LogP contribution in [0.4, 0.5) is 8.78 Å². The maximum atomic E-state index is 12.6. The Morgan fingerprint density at radius 1 is 1.24 bits per heavy atom. The van der Waals surface area contributed by atoms with E-state index in [9.17, 15) is 13.6 Å². The molecule has 1 unspecified atom stereocenters. The van der Waals surface area contributed by atoms with E-state index in [4.69, 9.17) is 16.9 Å². The Morgan fingerprint density at radius 2 is 1.94 bits per heavy atom. The van der Waals surface area contributed by atoms with Crippen LogP contribution in [0, 0.1) is 41.7 Å². The summed E-state index contributed by atoms with van der Waals surface area (Å²) in [6.07, 6.45) is 3.56. The van der Waals surface area contributed by atoms with E-state index < -0.39 is 11.6 Å². The van der Waals surface area contributed by atoms with Crippen molar-refractivity contribution in [2.45, 2.75) is 60.3 Å². The summed E-state index contributed by atoms with van der Waals surface area (Å²) in [4.78, 5) is 13.6. The molecule has 2 aromatic carbocycles. The van der Waals surface area contributed by atoms with E-state index in [1.165, 1.54) is 18.6 Å². The number of aryl methyl sites for hydroxylation is 2. The van der Waals surface area contributed by atoms with Gasteiger partial charge in [0.05, 0.1) is 10.6 Å².